The quantitative estimate of drug-likeness (QED) is 0.384. The van der Waals surface area contributed by atoms with Crippen LogP contribution in [0.5, 0.6) is 5.75 Å². The van der Waals surface area contributed by atoms with Crippen LogP contribution in [-0.2, 0) is 4.79 Å². The highest BCUT2D eigenvalue weighted by Gasteiger charge is 2.39. The standard InChI is InChI=1S/C17H28ClN7O3/c1-24(2)6-7-28-13-4-5-20-9-12(13)22-17(26)14(15(19)23-27)16-21-8-11(18)10-25(16)3/h4-5,9,11,14-16,21H,6-8,10,19H2,1-3H3,(H,22,26). The molecule has 28 heavy (non-hydrogen) atoms. The number of alkyl halides is 1. The third-order valence-corrected chi connectivity index (χ3v) is 4.77. The lowest BCUT2D eigenvalue weighted by Crippen LogP contribution is -2.62. The van der Waals surface area contributed by atoms with Crippen LogP contribution in [0.4, 0.5) is 5.69 Å². The first kappa shape index (κ1) is 22.4. The van der Waals surface area contributed by atoms with Crippen LogP contribution < -0.4 is 21.1 Å². The summed E-state index contributed by atoms with van der Waals surface area (Å²) in [6, 6.07) is 1.67. The maximum atomic E-state index is 13.0. The van der Waals surface area contributed by atoms with Gasteiger partial charge in [-0.25, -0.2) is 0 Å². The molecule has 0 spiro atoms. The minimum absolute atomic E-state index is 0.0969. The van der Waals surface area contributed by atoms with Crippen molar-refractivity contribution in [3.63, 3.8) is 0 Å². The number of carbonyl (C=O) groups is 1. The van der Waals surface area contributed by atoms with Crippen LogP contribution in [0.25, 0.3) is 0 Å². The molecule has 2 heterocycles. The second-order valence-corrected chi connectivity index (χ2v) is 7.64. The number of carbonyl (C=O) groups excluding carboxylic acids is 1. The Hall–Kier alpha value is -1.85. The first-order chi connectivity index (χ1) is 13.3. The number of amides is 1. The lowest BCUT2D eigenvalue weighted by Gasteiger charge is -2.40. The fourth-order valence-corrected chi connectivity index (χ4v) is 3.31. The summed E-state index contributed by atoms with van der Waals surface area (Å²) in [4.78, 5) is 32.0. The van der Waals surface area contributed by atoms with E-state index in [4.69, 9.17) is 22.1 Å². The first-order valence-corrected chi connectivity index (χ1v) is 9.45. The molecule has 1 aromatic rings. The summed E-state index contributed by atoms with van der Waals surface area (Å²) >= 11 is 6.15. The molecule has 1 saturated heterocycles. The largest absolute Gasteiger partial charge is 0.490 e. The smallest absolute Gasteiger partial charge is 0.234 e. The molecule has 2 rings (SSSR count). The average molecular weight is 414 g/mol. The van der Waals surface area contributed by atoms with Crippen molar-refractivity contribution in [3.05, 3.63) is 23.4 Å². The number of halogens is 1. The monoisotopic (exact) mass is 413 g/mol. The van der Waals surface area contributed by atoms with Gasteiger partial charge in [0.05, 0.1) is 17.7 Å². The van der Waals surface area contributed by atoms with Gasteiger partial charge in [0, 0.05) is 31.9 Å². The molecule has 0 aromatic carbocycles. The van der Waals surface area contributed by atoms with Gasteiger partial charge in [-0.3, -0.25) is 20.0 Å². The van der Waals surface area contributed by atoms with E-state index in [1.807, 2.05) is 30.9 Å². The number of aromatic nitrogens is 1. The minimum Gasteiger partial charge on any atom is -0.490 e. The van der Waals surface area contributed by atoms with E-state index >= 15 is 0 Å². The van der Waals surface area contributed by atoms with Crippen molar-refractivity contribution in [1.82, 2.24) is 20.1 Å². The van der Waals surface area contributed by atoms with Gasteiger partial charge in [0.2, 0.25) is 5.91 Å². The van der Waals surface area contributed by atoms with Crippen LogP contribution in [0, 0.1) is 10.8 Å². The molecule has 11 heteroatoms. The summed E-state index contributed by atoms with van der Waals surface area (Å²) in [5.74, 6) is -0.876. The van der Waals surface area contributed by atoms with Gasteiger partial charge in [0.15, 0.2) is 6.17 Å². The molecule has 0 radical (unpaired) electrons. The number of hydrogen-bond donors (Lipinski definition) is 3. The van der Waals surface area contributed by atoms with Crippen LogP contribution in [0.2, 0.25) is 0 Å². The number of nitrogens with zero attached hydrogens (tertiary/aromatic N) is 4. The van der Waals surface area contributed by atoms with Crippen molar-refractivity contribution < 1.29 is 9.53 Å². The van der Waals surface area contributed by atoms with E-state index in [1.54, 1.807) is 12.3 Å². The molecular weight excluding hydrogens is 386 g/mol. The fraction of sp³-hybridized carbons (Fsp3) is 0.647. The molecule has 1 aliphatic heterocycles. The zero-order chi connectivity index (χ0) is 20.7. The SMILES string of the molecule is CN(C)CCOc1ccncc1NC(=O)C(C(N)N=O)C1NCC(Cl)CN1C. The van der Waals surface area contributed by atoms with E-state index in [2.05, 4.69) is 20.8 Å². The Bertz CT molecular complexity index is 663. The van der Waals surface area contributed by atoms with E-state index in [1.165, 1.54) is 6.20 Å². The van der Waals surface area contributed by atoms with Crippen LogP contribution in [-0.4, -0.2) is 85.8 Å². The molecule has 0 bridgehead atoms. The number of pyridine rings is 1. The zero-order valence-corrected chi connectivity index (χ0v) is 17.1. The minimum atomic E-state index is -1.22. The van der Waals surface area contributed by atoms with Crippen molar-refractivity contribution in [2.24, 2.45) is 16.8 Å². The van der Waals surface area contributed by atoms with E-state index in [-0.39, 0.29) is 5.38 Å². The number of hydrogen-bond acceptors (Lipinski definition) is 9. The first-order valence-electron chi connectivity index (χ1n) is 9.01. The number of nitrogens with two attached hydrogens (primary N) is 1. The Morgan fingerprint density at radius 1 is 1.61 bits per heavy atom. The topological polar surface area (TPSA) is 125 Å². The molecule has 4 atom stereocenters. The van der Waals surface area contributed by atoms with Gasteiger partial charge < -0.3 is 20.7 Å². The highest BCUT2D eigenvalue weighted by molar-refractivity contribution is 6.21. The lowest BCUT2D eigenvalue weighted by atomic mass is 9.98. The number of ether oxygens (including phenoxy) is 1. The molecule has 4 N–H and O–H groups in total. The maximum absolute atomic E-state index is 13.0. The van der Waals surface area contributed by atoms with Gasteiger partial charge in [0.1, 0.15) is 24.0 Å². The summed E-state index contributed by atoms with van der Waals surface area (Å²) in [5.41, 5.74) is 6.26. The molecule has 1 aromatic heterocycles. The maximum Gasteiger partial charge on any atom is 0.234 e. The molecule has 0 saturated carbocycles. The summed E-state index contributed by atoms with van der Waals surface area (Å²) in [7, 11) is 5.69. The summed E-state index contributed by atoms with van der Waals surface area (Å²) in [6.07, 6.45) is 1.37. The number of likely N-dealkylation sites (N-methyl/N-ethyl adjacent to an activating group) is 1. The Balaban J connectivity index is 2.14. The molecule has 4 unspecified atom stereocenters. The number of nitrogens with one attached hydrogen (secondary N) is 2. The van der Waals surface area contributed by atoms with E-state index < -0.39 is 24.2 Å². The molecule has 0 aliphatic carbocycles. The second-order valence-electron chi connectivity index (χ2n) is 7.02. The van der Waals surface area contributed by atoms with Gasteiger partial charge >= 0.3 is 0 Å². The molecule has 10 nitrogen and oxygen atoms in total. The third-order valence-electron chi connectivity index (χ3n) is 4.48. The van der Waals surface area contributed by atoms with Crippen LogP contribution in [0.1, 0.15) is 0 Å². The fourth-order valence-electron chi connectivity index (χ4n) is 3.00. The Kier molecular flexibility index (Phi) is 8.52. The van der Waals surface area contributed by atoms with Crippen molar-refractivity contribution in [1.29, 1.82) is 0 Å². The van der Waals surface area contributed by atoms with E-state index in [0.717, 1.165) is 0 Å². The van der Waals surface area contributed by atoms with Gasteiger partial charge in [-0.1, -0.05) is 5.18 Å². The molecular formula is C17H28ClN7O3. The Morgan fingerprint density at radius 2 is 2.36 bits per heavy atom. The molecule has 1 aliphatic rings. The molecule has 156 valence electrons. The Morgan fingerprint density at radius 3 is 3.00 bits per heavy atom. The van der Waals surface area contributed by atoms with Crippen molar-refractivity contribution in [2.45, 2.75) is 17.7 Å². The highest BCUT2D eigenvalue weighted by Crippen LogP contribution is 2.25. The van der Waals surface area contributed by atoms with Crippen LogP contribution >= 0.6 is 11.6 Å². The van der Waals surface area contributed by atoms with Gasteiger partial charge in [-0.2, -0.15) is 0 Å². The second kappa shape index (κ2) is 10.6. The van der Waals surface area contributed by atoms with Gasteiger partial charge in [0.25, 0.3) is 0 Å². The van der Waals surface area contributed by atoms with Gasteiger partial charge in [-0.15, -0.1) is 16.5 Å². The summed E-state index contributed by atoms with van der Waals surface area (Å²) in [6.45, 7) is 2.22. The van der Waals surface area contributed by atoms with Gasteiger partial charge in [-0.05, 0) is 21.1 Å². The van der Waals surface area contributed by atoms with Crippen LogP contribution in [0.3, 0.4) is 0 Å². The summed E-state index contributed by atoms with van der Waals surface area (Å²) < 4.78 is 5.74. The van der Waals surface area contributed by atoms with Crippen molar-refractivity contribution in [3.8, 4) is 5.75 Å². The Labute approximate surface area is 169 Å². The predicted octanol–water partition coefficient (Wildman–Crippen LogP) is 0.0964. The predicted molar refractivity (Wildman–Crippen MR) is 108 cm³/mol. The number of anilines is 1. The van der Waals surface area contributed by atoms with Crippen molar-refractivity contribution in [2.75, 3.05) is 52.7 Å². The number of rotatable bonds is 9. The lowest BCUT2D eigenvalue weighted by molar-refractivity contribution is -0.123. The van der Waals surface area contributed by atoms with E-state index in [9.17, 15) is 9.70 Å². The molecule has 1 amide bonds. The highest BCUT2D eigenvalue weighted by atomic mass is 35.5. The van der Waals surface area contributed by atoms with Crippen LogP contribution in [0.15, 0.2) is 23.6 Å². The summed E-state index contributed by atoms with van der Waals surface area (Å²) in [5, 5.41) is 8.73. The van der Waals surface area contributed by atoms with Crippen molar-refractivity contribution >= 4 is 23.2 Å². The average Bonchev–Trinajstić information content (AvgIpc) is 2.64. The molecule has 1 fully saturated rings. The normalized spacial score (nSPS) is 22.5. The number of nitroso groups, excluding NO2 is 1. The zero-order valence-electron chi connectivity index (χ0n) is 16.3. The third kappa shape index (κ3) is 6.08. The van der Waals surface area contributed by atoms with E-state index in [0.29, 0.717) is 37.7 Å².